The zero-order valence-corrected chi connectivity index (χ0v) is 7.76. The molecule has 2 rings (SSSR count). The van der Waals surface area contributed by atoms with Gasteiger partial charge in [-0.2, -0.15) is 5.26 Å². The third-order valence-electron chi connectivity index (χ3n) is 2.18. The fraction of sp³-hybridized carbons (Fsp3) is 0.400. The van der Waals surface area contributed by atoms with Crippen molar-refractivity contribution in [2.24, 2.45) is 0 Å². The van der Waals surface area contributed by atoms with Crippen LogP contribution in [0.5, 0.6) is 0 Å². The van der Waals surface area contributed by atoms with Crippen LogP contribution in [0.15, 0.2) is 24.4 Å². The fourth-order valence-corrected chi connectivity index (χ4v) is 1.31. The Morgan fingerprint density at radius 2 is 2.43 bits per heavy atom. The molecule has 0 saturated carbocycles. The lowest BCUT2D eigenvalue weighted by Gasteiger charge is -2.34. The molecule has 1 aliphatic rings. The van der Waals surface area contributed by atoms with Crippen LogP contribution in [0.1, 0.15) is 5.69 Å². The maximum absolute atomic E-state index is 8.50. The van der Waals surface area contributed by atoms with Crippen molar-refractivity contribution >= 4 is 0 Å². The largest absolute Gasteiger partial charge is 0.368 e. The van der Waals surface area contributed by atoms with Crippen molar-refractivity contribution in [2.45, 2.75) is 12.7 Å². The Kier molecular flexibility index (Phi) is 2.61. The van der Waals surface area contributed by atoms with Crippen molar-refractivity contribution in [3.8, 4) is 6.19 Å². The maximum Gasteiger partial charge on any atom is 0.179 e. The van der Waals surface area contributed by atoms with Gasteiger partial charge in [0.05, 0.1) is 31.5 Å². The van der Waals surface area contributed by atoms with Gasteiger partial charge in [-0.05, 0) is 12.1 Å². The molecule has 0 radical (unpaired) electrons. The van der Waals surface area contributed by atoms with E-state index >= 15 is 0 Å². The summed E-state index contributed by atoms with van der Waals surface area (Å²) in [5, 5.41) is 8.50. The lowest BCUT2D eigenvalue weighted by molar-refractivity contribution is -0.0411. The number of nitrogens with zero attached hydrogens (tertiary/aromatic N) is 3. The smallest absolute Gasteiger partial charge is 0.179 e. The highest BCUT2D eigenvalue weighted by Gasteiger charge is 2.26. The number of hydrogen-bond donors (Lipinski definition) is 0. The molecule has 14 heavy (non-hydrogen) atoms. The van der Waals surface area contributed by atoms with E-state index in [2.05, 4.69) is 11.2 Å². The van der Waals surface area contributed by atoms with E-state index in [1.807, 2.05) is 18.2 Å². The molecule has 4 heteroatoms. The van der Waals surface area contributed by atoms with Crippen LogP contribution in [0.3, 0.4) is 0 Å². The van der Waals surface area contributed by atoms with Crippen LogP contribution in [0.2, 0.25) is 0 Å². The second kappa shape index (κ2) is 4.07. The molecule has 0 spiro atoms. The molecule has 1 aromatic heterocycles. The minimum atomic E-state index is 0.191. The van der Waals surface area contributed by atoms with Crippen LogP contribution in [-0.2, 0) is 11.3 Å². The Morgan fingerprint density at radius 3 is 3.07 bits per heavy atom. The Labute approximate surface area is 82.7 Å². The first-order valence-electron chi connectivity index (χ1n) is 4.54. The molecule has 0 aromatic carbocycles. The standard InChI is InChI=1S/C10H11N3O/c11-8-13-5-10(6-13)14-7-9-3-1-2-4-12-9/h1-4,10H,5-7H2. The molecular weight excluding hydrogens is 178 g/mol. The first kappa shape index (κ1) is 8.97. The van der Waals surface area contributed by atoms with Crippen LogP contribution >= 0.6 is 0 Å². The van der Waals surface area contributed by atoms with Crippen LogP contribution in [-0.4, -0.2) is 29.1 Å². The molecular formula is C10H11N3O. The van der Waals surface area contributed by atoms with E-state index in [0.717, 1.165) is 5.69 Å². The minimum absolute atomic E-state index is 0.191. The summed E-state index contributed by atoms with van der Waals surface area (Å²) in [6.07, 6.45) is 4.01. The molecule has 1 aromatic rings. The van der Waals surface area contributed by atoms with Crippen LogP contribution < -0.4 is 0 Å². The Morgan fingerprint density at radius 1 is 1.57 bits per heavy atom. The van der Waals surface area contributed by atoms with E-state index in [9.17, 15) is 0 Å². The number of rotatable bonds is 3. The van der Waals surface area contributed by atoms with Crippen molar-refractivity contribution in [3.63, 3.8) is 0 Å². The molecule has 4 nitrogen and oxygen atoms in total. The summed E-state index contributed by atoms with van der Waals surface area (Å²) in [4.78, 5) is 5.81. The highest BCUT2D eigenvalue weighted by molar-refractivity contribution is 5.02. The molecule has 1 fully saturated rings. The van der Waals surface area contributed by atoms with Crippen molar-refractivity contribution in [3.05, 3.63) is 30.1 Å². The summed E-state index contributed by atoms with van der Waals surface area (Å²) in [7, 11) is 0. The summed E-state index contributed by atoms with van der Waals surface area (Å²) in [5.41, 5.74) is 0.933. The Balaban J connectivity index is 1.72. The first-order valence-corrected chi connectivity index (χ1v) is 4.54. The molecule has 0 N–H and O–H groups in total. The minimum Gasteiger partial charge on any atom is -0.368 e. The SMILES string of the molecule is N#CN1CC(OCc2ccccn2)C1. The number of nitriles is 1. The molecule has 0 bridgehead atoms. The van der Waals surface area contributed by atoms with Gasteiger partial charge in [0.15, 0.2) is 6.19 Å². The average molecular weight is 189 g/mol. The molecule has 1 saturated heterocycles. The van der Waals surface area contributed by atoms with Crippen molar-refractivity contribution in [1.82, 2.24) is 9.88 Å². The normalized spacial score (nSPS) is 16.1. The van der Waals surface area contributed by atoms with Crippen molar-refractivity contribution in [1.29, 1.82) is 5.26 Å². The van der Waals surface area contributed by atoms with E-state index in [-0.39, 0.29) is 6.10 Å². The second-order valence-corrected chi connectivity index (χ2v) is 3.26. The lowest BCUT2D eigenvalue weighted by atomic mass is 10.2. The van der Waals surface area contributed by atoms with Gasteiger partial charge in [-0.1, -0.05) is 6.07 Å². The van der Waals surface area contributed by atoms with Gasteiger partial charge in [0.2, 0.25) is 0 Å². The number of aromatic nitrogens is 1. The summed E-state index contributed by atoms with van der Waals surface area (Å²) in [6.45, 7) is 1.96. The second-order valence-electron chi connectivity index (χ2n) is 3.26. The summed E-state index contributed by atoms with van der Waals surface area (Å²) in [5.74, 6) is 0. The predicted molar refractivity (Wildman–Crippen MR) is 50.0 cm³/mol. The highest BCUT2D eigenvalue weighted by atomic mass is 16.5. The third-order valence-corrected chi connectivity index (χ3v) is 2.18. The van der Waals surface area contributed by atoms with E-state index in [0.29, 0.717) is 19.7 Å². The van der Waals surface area contributed by atoms with Gasteiger partial charge in [0.1, 0.15) is 0 Å². The monoisotopic (exact) mass is 189 g/mol. The first-order chi connectivity index (χ1) is 6.88. The van der Waals surface area contributed by atoms with E-state index < -0.39 is 0 Å². The van der Waals surface area contributed by atoms with E-state index in [1.54, 1.807) is 11.1 Å². The molecule has 0 aliphatic carbocycles. The van der Waals surface area contributed by atoms with E-state index in [1.165, 1.54) is 0 Å². The zero-order chi connectivity index (χ0) is 9.80. The van der Waals surface area contributed by atoms with Crippen LogP contribution in [0.25, 0.3) is 0 Å². The number of ether oxygens (including phenoxy) is 1. The van der Waals surface area contributed by atoms with Gasteiger partial charge < -0.3 is 9.64 Å². The molecule has 1 aliphatic heterocycles. The predicted octanol–water partition coefficient (Wildman–Crippen LogP) is 0.763. The summed E-state index contributed by atoms with van der Waals surface area (Å²) < 4.78 is 5.54. The lowest BCUT2D eigenvalue weighted by Crippen LogP contribution is -2.49. The Hall–Kier alpha value is -1.60. The van der Waals surface area contributed by atoms with Gasteiger partial charge in [-0.3, -0.25) is 4.98 Å². The van der Waals surface area contributed by atoms with Gasteiger partial charge in [0.25, 0.3) is 0 Å². The summed E-state index contributed by atoms with van der Waals surface area (Å²) in [6, 6.07) is 5.75. The molecule has 2 heterocycles. The van der Waals surface area contributed by atoms with Crippen molar-refractivity contribution < 1.29 is 4.74 Å². The fourth-order valence-electron chi connectivity index (χ4n) is 1.31. The summed E-state index contributed by atoms with van der Waals surface area (Å²) >= 11 is 0. The van der Waals surface area contributed by atoms with Gasteiger partial charge in [-0.25, -0.2) is 0 Å². The van der Waals surface area contributed by atoms with Crippen LogP contribution in [0.4, 0.5) is 0 Å². The third kappa shape index (κ3) is 2.01. The van der Waals surface area contributed by atoms with Gasteiger partial charge in [0, 0.05) is 6.20 Å². The van der Waals surface area contributed by atoms with Gasteiger partial charge >= 0.3 is 0 Å². The van der Waals surface area contributed by atoms with E-state index in [4.69, 9.17) is 10.00 Å². The highest BCUT2D eigenvalue weighted by Crippen LogP contribution is 2.11. The molecule has 0 unspecified atom stereocenters. The van der Waals surface area contributed by atoms with Gasteiger partial charge in [-0.15, -0.1) is 0 Å². The average Bonchev–Trinajstić information content (AvgIpc) is 2.17. The number of hydrogen-bond acceptors (Lipinski definition) is 4. The molecule has 72 valence electrons. The van der Waals surface area contributed by atoms with Crippen LogP contribution in [0, 0.1) is 11.5 Å². The maximum atomic E-state index is 8.50. The van der Waals surface area contributed by atoms with Crippen molar-refractivity contribution in [2.75, 3.05) is 13.1 Å². The molecule has 0 amide bonds. The quantitative estimate of drug-likeness (QED) is 0.659. The molecule has 0 atom stereocenters. The topological polar surface area (TPSA) is 49.2 Å². The zero-order valence-electron chi connectivity index (χ0n) is 7.76. The Bertz CT molecular complexity index is 327. The number of likely N-dealkylation sites (tertiary alicyclic amines) is 1. The number of pyridine rings is 1.